The van der Waals surface area contributed by atoms with E-state index in [0.717, 1.165) is 22.9 Å². The van der Waals surface area contributed by atoms with E-state index in [9.17, 15) is 28.9 Å². The van der Waals surface area contributed by atoms with Crippen molar-refractivity contribution in [2.24, 2.45) is 5.11 Å². The molecule has 1 fully saturated rings. The summed E-state index contributed by atoms with van der Waals surface area (Å²) in [6.07, 6.45) is -7.46. The highest BCUT2D eigenvalue weighted by Gasteiger charge is 2.55. The van der Waals surface area contributed by atoms with Crippen LogP contribution < -0.4 is 0 Å². The molecular weight excluding hydrogens is 431 g/mol. The molecule has 30 heavy (non-hydrogen) atoms. The number of benzene rings is 1. The molecule has 1 saturated heterocycles. The van der Waals surface area contributed by atoms with Crippen molar-refractivity contribution in [3.63, 3.8) is 0 Å². The number of aromatic nitrogens is 2. The van der Waals surface area contributed by atoms with Gasteiger partial charge in [0.05, 0.1) is 36.3 Å². The number of ether oxygens (including phenoxy) is 2. The Labute approximate surface area is 173 Å². The molecule has 2 aromatic rings. The standard InChI is InChI=1S/C17H17ClF3N5O4/c1-29-14-8-30-12(7-27)15(28)16(14,24-25-22)13-4-5-23-26(13)11-6-9(18)2-3-10(11)17(19,20)21/h2-6,12,14-15,27-28H,7-8H2,1H3/t12-,14+,15+,16?/m1/s1. The zero-order valence-corrected chi connectivity index (χ0v) is 16.2. The molecule has 2 heterocycles. The highest BCUT2D eigenvalue weighted by atomic mass is 35.5. The van der Waals surface area contributed by atoms with E-state index < -0.39 is 47.9 Å². The van der Waals surface area contributed by atoms with Crippen molar-refractivity contribution < 1.29 is 32.9 Å². The fourth-order valence-corrected chi connectivity index (χ4v) is 3.75. The number of aliphatic hydroxyl groups excluding tert-OH is 2. The Morgan fingerprint density at radius 3 is 2.80 bits per heavy atom. The molecule has 162 valence electrons. The molecule has 3 rings (SSSR count). The number of aliphatic hydroxyl groups is 2. The third-order valence-corrected chi connectivity index (χ3v) is 5.21. The number of alkyl halides is 3. The minimum atomic E-state index is -4.74. The molecule has 1 aromatic heterocycles. The molecule has 0 aliphatic carbocycles. The van der Waals surface area contributed by atoms with Gasteiger partial charge in [0.1, 0.15) is 17.7 Å². The quantitative estimate of drug-likeness (QED) is 0.414. The Balaban J connectivity index is 2.31. The Morgan fingerprint density at radius 1 is 1.47 bits per heavy atom. The van der Waals surface area contributed by atoms with Crippen molar-refractivity contribution in [1.82, 2.24) is 9.78 Å². The average Bonchev–Trinajstić information content (AvgIpc) is 3.18. The maximum atomic E-state index is 13.6. The number of hydrogen-bond acceptors (Lipinski definition) is 6. The van der Waals surface area contributed by atoms with Gasteiger partial charge in [0.2, 0.25) is 0 Å². The summed E-state index contributed by atoms with van der Waals surface area (Å²) in [6.45, 7) is -0.829. The van der Waals surface area contributed by atoms with Gasteiger partial charge in [0.25, 0.3) is 0 Å². The average molecular weight is 448 g/mol. The van der Waals surface area contributed by atoms with Gasteiger partial charge in [-0.25, -0.2) is 4.68 Å². The van der Waals surface area contributed by atoms with Crippen LogP contribution in [0, 0.1) is 0 Å². The molecule has 1 aliphatic heterocycles. The molecule has 1 unspecified atom stereocenters. The third-order valence-electron chi connectivity index (χ3n) is 4.98. The second kappa shape index (κ2) is 8.42. The van der Waals surface area contributed by atoms with Crippen molar-refractivity contribution in [3.05, 3.63) is 57.2 Å². The van der Waals surface area contributed by atoms with Gasteiger partial charge < -0.3 is 19.7 Å². The largest absolute Gasteiger partial charge is 0.418 e. The molecule has 0 amide bonds. The number of hydrogen-bond donors (Lipinski definition) is 2. The summed E-state index contributed by atoms with van der Waals surface area (Å²) in [4.78, 5) is 2.79. The van der Waals surface area contributed by atoms with Gasteiger partial charge in [-0.05, 0) is 29.8 Å². The lowest BCUT2D eigenvalue weighted by Gasteiger charge is -2.46. The first-order chi connectivity index (χ1) is 14.2. The van der Waals surface area contributed by atoms with Crippen LogP contribution in [0.5, 0.6) is 0 Å². The number of halogens is 4. The van der Waals surface area contributed by atoms with Gasteiger partial charge >= 0.3 is 6.18 Å². The molecule has 4 atom stereocenters. The summed E-state index contributed by atoms with van der Waals surface area (Å²) in [7, 11) is 1.27. The predicted octanol–water partition coefficient (Wildman–Crippen LogP) is 2.82. The van der Waals surface area contributed by atoms with E-state index in [1.54, 1.807) is 0 Å². The first-order valence-electron chi connectivity index (χ1n) is 8.61. The van der Waals surface area contributed by atoms with E-state index in [1.165, 1.54) is 19.4 Å². The van der Waals surface area contributed by atoms with Crippen LogP contribution in [0.2, 0.25) is 5.02 Å². The lowest BCUT2D eigenvalue weighted by molar-refractivity contribution is -0.191. The van der Waals surface area contributed by atoms with E-state index in [-0.39, 0.29) is 17.3 Å². The highest BCUT2D eigenvalue weighted by Crippen LogP contribution is 2.43. The topological polar surface area (TPSA) is 126 Å². The van der Waals surface area contributed by atoms with Crippen molar-refractivity contribution in [2.45, 2.75) is 30.0 Å². The molecule has 0 spiro atoms. The summed E-state index contributed by atoms with van der Waals surface area (Å²) in [5.74, 6) is 0. The Bertz CT molecular complexity index is 965. The van der Waals surface area contributed by atoms with Crippen molar-refractivity contribution in [3.8, 4) is 5.69 Å². The van der Waals surface area contributed by atoms with Gasteiger partial charge in [-0.3, -0.25) is 0 Å². The van der Waals surface area contributed by atoms with Gasteiger partial charge in [-0.2, -0.15) is 18.3 Å². The molecule has 9 nitrogen and oxygen atoms in total. The first-order valence-corrected chi connectivity index (χ1v) is 8.99. The molecule has 1 aromatic carbocycles. The van der Waals surface area contributed by atoms with E-state index in [1.807, 2.05) is 0 Å². The maximum absolute atomic E-state index is 13.6. The van der Waals surface area contributed by atoms with Gasteiger partial charge in [-0.15, -0.1) is 0 Å². The summed E-state index contributed by atoms with van der Waals surface area (Å²) in [5.41, 5.74) is 5.71. The predicted molar refractivity (Wildman–Crippen MR) is 98.0 cm³/mol. The van der Waals surface area contributed by atoms with Crippen LogP contribution in [0.1, 0.15) is 11.3 Å². The number of azide groups is 1. The molecule has 13 heteroatoms. The van der Waals surface area contributed by atoms with Gasteiger partial charge in [0, 0.05) is 23.2 Å². The van der Waals surface area contributed by atoms with Crippen molar-refractivity contribution in [1.29, 1.82) is 0 Å². The summed E-state index contributed by atoms with van der Waals surface area (Å²) < 4.78 is 52.5. The highest BCUT2D eigenvalue weighted by molar-refractivity contribution is 6.30. The normalized spacial score (nSPS) is 27.0. The zero-order chi connectivity index (χ0) is 22.1. The Kier molecular flexibility index (Phi) is 6.27. The third kappa shape index (κ3) is 3.62. The van der Waals surface area contributed by atoms with Crippen molar-refractivity contribution in [2.75, 3.05) is 20.3 Å². The van der Waals surface area contributed by atoms with E-state index in [2.05, 4.69) is 15.1 Å². The monoisotopic (exact) mass is 447 g/mol. The number of rotatable bonds is 5. The molecular formula is C17H17ClF3N5O4. The van der Waals surface area contributed by atoms with Crippen LogP contribution in [0.3, 0.4) is 0 Å². The van der Waals surface area contributed by atoms with Crippen LogP contribution in [0.4, 0.5) is 13.2 Å². The van der Waals surface area contributed by atoms with Crippen LogP contribution in [0.25, 0.3) is 16.1 Å². The van der Waals surface area contributed by atoms with Crippen molar-refractivity contribution >= 4 is 11.6 Å². The van der Waals surface area contributed by atoms with Crippen LogP contribution in [0.15, 0.2) is 35.6 Å². The van der Waals surface area contributed by atoms with Gasteiger partial charge in [-0.1, -0.05) is 16.7 Å². The van der Waals surface area contributed by atoms with E-state index >= 15 is 0 Å². The first kappa shape index (κ1) is 22.3. The molecule has 0 radical (unpaired) electrons. The fourth-order valence-electron chi connectivity index (χ4n) is 3.59. The fraction of sp³-hybridized carbons (Fsp3) is 0.471. The lowest BCUT2D eigenvalue weighted by atomic mass is 9.79. The number of methoxy groups -OCH3 is 1. The second-order valence-electron chi connectivity index (χ2n) is 6.53. The van der Waals surface area contributed by atoms with Crippen LogP contribution in [-0.2, 0) is 21.2 Å². The minimum absolute atomic E-state index is 0.0151. The number of nitrogens with zero attached hydrogens (tertiary/aromatic N) is 5. The molecule has 1 aliphatic rings. The Hall–Kier alpha value is -2.34. The van der Waals surface area contributed by atoms with Crippen LogP contribution >= 0.6 is 11.6 Å². The van der Waals surface area contributed by atoms with E-state index in [0.29, 0.717) is 0 Å². The maximum Gasteiger partial charge on any atom is 0.418 e. The van der Waals surface area contributed by atoms with Crippen LogP contribution in [-0.4, -0.2) is 58.6 Å². The van der Waals surface area contributed by atoms with Gasteiger partial charge in [0.15, 0.2) is 0 Å². The minimum Gasteiger partial charge on any atom is -0.394 e. The Morgan fingerprint density at radius 2 is 2.20 bits per heavy atom. The smallest absolute Gasteiger partial charge is 0.394 e. The summed E-state index contributed by atoms with van der Waals surface area (Å²) in [5, 5.41) is 28.2. The SMILES string of the molecule is CO[C@H]1CO[C@H](CO)[C@H](O)C1(N=[N+]=[N-])c1ccnn1-c1cc(Cl)ccc1C(F)(F)F. The molecule has 0 saturated carbocycles. The summed E-state index contributed by atoms with van der Waals surface area (Å²) in [6, 6.07) is 4.24. The van der Waals surface area contributed by atoms with E-state index in [4.69, 9.17) is 21.1 Å². The molecule has 0 bridgehead atoms. The zero-order valence-electron chi connectivity index (χ0n) is 15.5. The summed E-state index contributed by atoms with van der Waals surface area (Å²) >= 11 is 5.93. The lowest BCUT2D eigenvalue weighted by Crippen LogP contribution is -2.61. The molecule has 2 N–H and O–H groups in total. The second-order valence-corrected chi connectivity index (χ2v) is 6.96.